The van der Waals surface area contributed by atoms with Gasteiger partial charge >= 0.3 is 0 Å². The smallest absolute Gasteiger partial charge is 0.251 e. The minimum Gasteiger partial charge on any atom is -0.496 e. The van der Waals surface area contributed by atoms with E-state index in [4.69, 9.17) is 4.74 Å². The van der Waals surface area contributed by atoms with Crippen LogP contribution >= 0.6 is 12.4 Å². The summed E-state index contributed by atoms with van der Waals surface area (Å²) < 4.78 is 5.27. The molecule has 0 radical (unpaired) electrons. The van der Waals surface area contributed by atoms with Crippen molar-refractivity contribution in [2.24, 2.45) is 5.92 Å². The van der Waals surface area contributed by atoms with E-state index < -0.39 is 0 Å². The van der Waals surface area contributed by atoms with Crippen molar-refractivity contribution in [1.29, 1.82) is 0 Å². The van der Waals surface area contributed by atoms with Gasteiger partial charge in [0.1, 0.15) is 5.75 Å². The fourth-order valence-electron chi connectivity index (χ4n) is 4.57. The maximum absolute atomic E-state index is 12.7. The summed E-state index contributed by atoms with van der Waals surface area (Å²) in [5, 5.41) is 3.36. The van der Waals surface area contributed by atoms with Crippen LogP contribution in [0.25, 0.3) is 0 Å². The van der Waals surface area contributed by atoms with Crippen LogP contribution in [-0.2, 0) is 0 Å². The molecule has 1 amide bonds. The summed E-state index contributed by atoms with van der Waals surface area (Å²) in [6, 6.07) is 6.01. The summed E-state index contributed by atoms with van der Waals surface area (Å²) in [4.78, 5) is 15.3. The molecule has 4 aliphatic rings. The predicted octanol–water partition coefficient (Wildman–Crippen LogP) is 2.78. The van der Waals surface area contributed by atoms with Gasteiger partial charge in [-0.05, 0) is 75.4 Å². The van der Waals surface area contributed by atoms with Gasteiger partial charge < -0.3 is 10.1 Å². The molecule has 1 aromatic rings. The third-order valence-corrected chi connectivity index (χ3v) is 5.93. The zero-order chi connectivity index (χ0) is 15.3. The lowest BCUT2D eigenvalue weighted by atomic mass is 9.77. The molecule has 5 heteroatoms. The van der Waals surface area contributed by atoms with Crippen LogP contribution in [-0.4, -0.2) is 42.6 Å². The first kappa shape index (κ1) is 16.6. The highest BCUT2D eigenvalue weighted by atomic mass is 35.5. The van der Waals surface area contributed by atoms with E-state index in [0.717, 1.165) is 16.9 Å². The Balaban J connectivity index is 0.00000156. The molecule has 3 heterocycles. The Labute approximate surface area is 144 Å². The molecule has 5 rings (SSSR count). The second kappa shape index (κ2) is 5.99. The van der Waals surface area contributed by atoms with Gasteiger partial charge in [0.2, 0.25) is 0 Å². The minimum absolute atomic E-state index is 0. The van der Waals surface area contributed by atoms with E-state index >= 15 is 0 Å². The van der Waals surface area contributed by atoms with Gasteiger partial charge in [0.05, 0.1) is 13.2 Å². The van der Waals surface area contributed by atoms with Gasteiger partial charge in [-0.15, -0.1) is 12.4 Å². The zero-order valence-electron chi connectivity index (χ0n) is 13.8. The van der Waals surface area contributed by atoms with E-state index in [1.165, 1.54) is 38.8 Å². The van der Waals surface area contributed by atoms with Crippen molar-refractivity contribution < 1.29 is 9.53 Å². The molecule has 4 nitrogen and oxygen atoms in total. The van der Waals surface area contributed by atoms with Crippen LogP contribution in [0.3, 0.4) is 0 Å². The number of carbonyl (C=O) groups excluding carboxylic acids is 1. The monoisotopic (exact) mass is 336 g/mol. The summed E-state index contributed by atoms with van der Waals surface area (Å²) in [5.41, 5.74) is 2.04. The molecule has 0 unspecified atom stereocenters. The van der Waals surface area contributed by atoms with E-state index in [-0.39, 0.29) is 18.3 Å². The molecular formula is C18H25ClN2O2. The number of carbonyl (C=O) groups is 1. The number of rotatable bonds is 3. The number of benzene rings is 1. The molecule has 3 aliphatic heterocycles. The maximum atomic E-state index is 12.7. The van der Waals surface area contributed by atoms with E-state index in [9.17, 15) is 4.79 Å². The highest BCUT2D eigenvalue weighted by molar-refractivity contribution is 5.95. The van der Waals surface area contributed by atoms with Crippen LogP contribution in [0.2, 0.25) is 0 Å². The molecule has 1 spiro atoms. The number of ether oxygens (including phenoxy) is 1. The lowest BCUT2D eigenvalue weighted by molar-refractivity contribution is -0.00145. The number of piperidine rings is 3. The van der Waals surface area contributed by atoms with Crippen LogP contribution in [0.5, 0.6) is 5.75 Å². The molecule has 3 saturated heterocycles. The first-order valence-corrected chi connectivity index (χ1v) is 8.34. The number of nitrogens with one attached hydrogen (secondary N) is 1. The molecule has 1 saturated carbocycles. The quantitative estimate of drug-likeness (QED) is 0.922. The average molecular weight is 337 g/mol. The van der Waals surface area contributed by atoms with Gasteiger partial charge in [0, 0.05) is 11.1 Å². The Kier molecular flexibility index (Phi) is 4.32. The number of halogens is 1. The molecule has 1 aromatic carbocycles. The normalized spacial score (nSPS) is 29.7. The van der Waals surface area contributed by atoms with Gasteiger partial charge in [-0.25, -0.2) is 0 Å². The first-order valence-electron chi connectivity index (χ1n) is 8.34. The number of methoxy groups -OCH3 is 1. The number of aryl methyl sites for hydroxylation is 1. The van der Waals surface area contributed by atoms with Crippen LogP contribution < -0.4 is 10.1 Å². The Morgan fingerprint density at radius 1 is 1.30 bits per heavy atom. The van der Waals surface area contributed by atoms with Crippen molar-refractivity contribution in [3.05, 3.63) is 29.3 Å². The molecule has 1 N–H and O–H groups in total. The highest BCUT2D eigenvalue weighted by Crippen LogP contribution is 2.53. The second-order valence-electron chi connectivity index (χ2n) is 7.06. The van der Waals surface area contributed by atoms with E-state index in [1.807, 2.05) is 25.1 Å². The summed E-state index contributed by atoms with van der Waals surface area (Å²) >= 11 is 0. The van der Waals surface area contributed by atoms with Gasteiger partial charge in [-0.1, -0.05) is 0 Å². The summed E-state index contributed by atoms with van der Waals surface area (Å²) in [6.45, 7) is 4.42. The maximum Gasteiger partial charge on any atom is 0.251 e. The predicted molar refractivity (Wildman–Crippen MR) is 92.5 cm³/mol. The molecule has 23 heavy (non-hydrogen) atoms. The Hall–Kier alpha value is -1.26. The van der Waals surface area contributed by atoms with Gasteiger partial charge in [-0.2, -0.15) is 0 Å². The molecule has 126 valence electrons. The van der Waals surface area contributed by atoms with E-state index in [1.54, 1.807) is 7.11 Å². The fraction of sp³-hybridized carbons (Fsp3) is 0.611. The van der Waals surface area contributed by atoms with Crippen molar-refractivity contribution in [1.82, 2.24) is 10.2 Å². The highest BCUT2D eigenvalue weighted by Gasteiger charge is 2.60. The number of amides is 1. The van der Waals surface area contributed by atoms with Gasteiger partial charge in [-0.3, -0.25) is 9.69 Å². The molecular weight excluding hydrogens is 312 g/mol. The lowest BCUT2D eigenvalue weighted by Gasteiger charge is -2.52. The number of nitrogens with zero attached hydrogens (tertiary/aromatic N) is 1. The first-order chi connectivity index (χ1) is 10.6. The largest absolute Gasteiger partial charge is 0.496 e. The number of fused-ring (bicyclic) bond motifs is 2. The minimum atomic E-state index is 0. The van der Waals surface area contributed by atoms with Crippen LogP contribution in [0.4, 0.5) is 0 Å². The summed E-state index contributed by atoms with van der Waals surface area (Å²) in [7, 11) is 1.66. The standard InChI is InChI=1S/C18H24N2O2.ClH/c1-12-11-14(3-4-15(12)22-2)17(21)19-16-13-5-9-20(10-6-13)18(16)7-8-18;/h3-4,11,13,16H,5-10H2,1-2H3,(H,19,21);1H/t16-;/m1./s1. The van der Waals surface area contributed by atoms with Crippen molar-refractivity contribution >= 4 is 18.3 Å². The SMILES string of the molecule is COc1ccc(C(=O)N[C@@H]2C3CCN(CC3)C23CC3)cc1C.Cl. The second-order valence-corrected chi connectivity index (χ2v) is 7.06. The Morgan fingerprint density at radius 2 is 2.00 bits per heavy atom. The van der Waals surface area contributed by atoms with Crippen LogP contribution in [0.15, 0.2) is 18.2 Å². The molecule has 2 bridgehead atoms. The van der Waals surface area contributed by atoms with E-state index in [2.05, 4.69) is 10.2 Å². The van der Waals surface area contributed by atoms with Crippen LogP contribution in [0.1, 0.15) is 41.6 Å². The molecule has 1 aliphatic carbocycles. The van der Waals surface area contributed by atoms with Crippen molar-refractivity contribution in [2.75, 3.05) is 20.2 Å². The third-order valence-electron chi connectivity index (χ3n) is 5.93. The molecule has 1 atom stereocenters. The van der Waals surface area contributed by atoms with Gasteiger partial charge in [0.25, 0.3) is 5.91 Å². The summed E-state index contributed by atoms with van der Waals surface area (Å²) in [6.07, 6.45) is 4.95. The van der Waals surface area contributed by atoms with Crippen molar-refractivity contribution in [3.63, 3.8) is 0 Å². The van der Waals surface area contributed by atoms with E-state index in [0.29, 0.717) is 17.5 Å². The Bertz CT molecular complexity index is 607. The van der Waals surface area contributed by atoms with Gasteiger partial charge in [0.15, 0.2) is 0 Å². The summed E-state index contributed by atoms with van der Waals surface area (Å²) in [5.74, 6) is 1.56. The fourth-order valence-corrected chi connectivity index (χ4v) is 4.57. The topological polar surface area (TPSA) is 41.6 Å². The molecule has 0 aromatic heterocycles. The number of hydrogen-bond donors (Lipinski definition) is 1. The Morgan fingerprint density at radius 3 is 2.57 bits per heavy atom. The molecule has 4 fully saturated rings. The van der Waals surface area contributed by atoms with Crippen LogP contribution in [0, 0.1) is 12.8 Å². The number of hydrogen-bond acceptors (Lipinski definition) is 3. The average Bonchev–Trinajstić information content (AvgIpc) is 3.32. The van der Waals surface area contributed by atoms with Crippen molar-refractivity contribution in [3.8, 4) is 5.75 Å². The zero-order valence-corrected chi connectivity index (χ0v) is 14.6. The lowest BCUT2D eigenvalue weighted by Crippen LogP contribution is -2.65. The third kappa shape index (κ3) is 2.62. The van der Waals surface area contributed by atoms with Crippen molar-refractivity contribution in [2.45, 2.75) is 44.2 Å².